The van der Waals surface area contributed by atoms with E-state index in [9.17, 15) is 4.79 Å². The summed E-state index contributed by atoms with van der Waals surface area (Å²) < 4.78 is 1.59. The van der Waals surface area contributed by atoms with Crippen molar-refractivity contribution in [2.75, 3.05) is 5.32 Å². The van der Waals surface area contributed by atoms with Gasteiger partial charge in [0.2, 0.25) is 11.9 Å². The molecule has 2 aromatic heterocycles. The third-order valence-corrected chi connectivity index (χ3v) is 3.27. The van der Waals surface area contributed by atoms with Gasteiger partial charge in [-0.1, -0.05) is 13.8 Å². The van der Waals surface area contributed by atoms with E-state index in [0.717, 1.165) is 11.5 Å². The molecular formula is C12H17N5OS. The van der Waals surface area contributed by atoms with Crippen molar-refractivity contribution in [3.63, 3.8) is 0 Å². The average molecular weight is 279 g/mol. The minimum Gasteiger partial charge on any atom is -0.295 e. The first-order valence-electron chi connectivity index (χ1n) is 6.14. The normalized spacial score (nSPS) is 10.9. The first-order chi connectivity index (χ1) is 9.06. The highest BCUT2D eigenvalue weighted by molar-refractivity contribution is 7.07. The van der Waals surface area contributed by atoms with Gasteiger partial charge < -0.3 is 0 Å². The predicted octanol–water partition coefficient (Wildman–Crippen LogP) is 1.97. The van der Waals surface area contributed by atoms with Crippen molar-refractivity contribution in [2.45, 2.75) is 32.6 Å². The molecule has 102 valence electrons. The van der Waals surface area contributed by atoms with Crippen LogP contribution in [0.25, 0.3) is 0 Å². The summed E-state index contributed by atoms with van der Waals surface area (Å²) in [7, 11) is 1.77. The molecule has 0 aliphatic heterocycles. The fourth-order valence-electron chi connectivity index (χ4n) is 1.55. The second kappa shape index (κ2) is 5.92. The van der Waals surface area contributed by atoms with Crippen LogP contribution in [-0.4, -0.2) is 25.7 Å². The fraction of sp³-hybridized carbons (Fsp3) is 0.500. The Labute approximate surface area is 115 Å². The molecule has 0 aromatic carbocycles. The van der Waals surface area contributed by atoms with Gasteiger partial charge in [0.05, 0.1) is 11.2 Å². The van der Waals surface area contributed by atoms with E-state index < -0.39 is 0 Å². The number of aromatic nitrogens is 4. The van der Waals surface area contributed by atoms with E-state index in [0.29, 0.717) is 18.8 Å². The highest BCUT2D eigenvalue weighted by Crippen LogP contribution is 2.12. The monoisotopic (exact) mass is 279 g/mol. The number of amides is 1. The molecule has 0 atom stereocenters. The van der Waals surface area contributed by atoms with Crippen LogP contribution in [0, 0.1) is 0 Å². The molecule has 0 spiro atoms. The summed E-state index contributed by atoms with van der Waals surface area (Å²) in [5.41, 5.74) is 2.71. The van der Waals surface area contributed by atoms with E-state index >= 15 is 0 Å². The molecule has 0 radical (unpaired) electrons. The Morgan fingerprint density at radius 1 is 1.53 bits per heavy atom. The van der Waals surface area contributed by atoms with Crippen molar-refractivity contribution >= 4 is 23.2 Å². The van der Waals surface area contributed by atoms with Gasteiger partial charge in [0, 0.05) is 24.8 Å². The summed E-state index contributed by atoms with van der Waals surface area (Å²) in [6.07, 6.45) is 1.04. The van der Waals surface area contributed by atoms with E-state index in [-0.39, 0.29) is 11.8 Å². The molecule has 0 aliphatic carbocycles. The molecule has 1 N–H and O–H groups in total. The lowest BCUT2D eigenvalue weighted by Gasteiger charge is -2.02. The molecule has 1 amide bonds. The van der Waals surface area contributed by atoms with E-state index in [4.69, 9.17) is 0 Å². The van der Waals surface area contributed by atoms with Gasteiger partial charge >= 0.3 is 0 Å². The molecule has 19 heavy (non-hydrogen) atoms. The standard InChI is InChI=1S/C12H17N5OS/c1-8(2)11-15-12(17(3)16-11)14-10(18)5-4-9-6-19-7-13-9/h6-8H,4-5H2,1-3H3,(H,14,15,16,18). The maximum absolute atomic E-state index is 11.8. The third kappa shape index (κ3) is 3.60. The van der Waals surface area contributed by atoms with Crippen LogP contribution in [-0.2, 0) is 18.3 Å². The van der Waals surface area contributed by atoms with Gasteiger partial charge in [0.1, 0.15) is 0 Å². The number of nitrogens with zero attached hydrogens (tertiary/aromatic N) is 4. The Bertz CT molecular complexity index is 546. The van der Waals surface area contributed by atoms with Gasteiger partial charge in [-0.15, -0.1) is 11.3 Å². The molecular weight excluding hydrogens is 262 g/mol. The molecule has 2 aromatic rings. The lowest BCUT2D eigenvalue weighted by atomic mass is 10.2. The van der Waals surface area contributed by atoms with Crippen molar-refractivity contribution in [1.29, 1.82) is 0 Å². The Kier molecular flexibility index (Phi) is 4.26. The number of nitrogens with one attached hydrogen (secondary N) is 1. The number of carbonyl (C=O) groups is 1. The molecule has 2 heterocycles. The number of hydrogen-bond acceptors (Lipinski definition) is 5. The molecule has 6 nitrogen and oxygen atoms in total. The summed E-state index contributed by atoms with van der Waals surface area (Å²) in [5, 5.41) is 8.98. The van der Waals surface area contributed by atoms with Crippen LogP contribution < -0.4 is 5.32 Å². The Morgan fingerprint density at radius 3 is 2.89 bits per heavy atom. The maximum Gasteiger partial charge on any atom is 0.227 e. The second-order valence-corrected chi connectivity index (χ2v) is 5.32. The Balaban J connectivity index is 1.91. The van der Waals surface area contributed by atoms with Gasteiger partial charge in [-0.25, -0.2) is 9.67 Å². The molecule has 0 aliphatic rings. The van der Waals surface area contributed by atoms with Crippen molar-refractivity contribution in [2.24, 2.45) is 7.05 Å². The number of anilines is 1. The predicted molar refractivity (Wildman–Crippen MR) is 74.2 cm³/mol. The second-order valence-electron chi connectivity index (χ2n) is 4.60. The van der Waals surface area contributed by atoms with Gasteiger partial charge in [0.15, 0.2) is 5.82 Å². The van der Waals surface area contributed by atoms with E-state index in [1.165, 1.54) is 11.3 Å². The van der Waals surface area contributed by atoms with E-state index in [1.54, 1.807) is 17.2 Å². The number of rotatable bonds is 5. The summed E-state index contributed by atoms with van der Waals surface area (Å²) in [5.74, 6) is 1.40. The summed E-state index contributed by atoms with van der Waals surface area (Å²) in [6, 6.07) is 0. The molecule has 7 heteroatoms. The van der Waals surface area contributed by atoms with Crippen LogP contribution in [0.4, 0.5) is 5.95 Å². The third-order valence-electron chi connectivity index (χ3n) is 2.64. The Morgan fingerprint density at radius 2 is 2.32 bits per heavy atom. The fourth-order valence-corrected chi connectivity index (χ4v) is 2.14. The SMILES string of the molecule is CC(C)c1nc(NC(=O)CCc2cscn2)n(C)n1. The van der Waals surface area contributed by atoms with Crippen LogP contribution in [0.3, 0.4) is 0 Å². The van der Waals surface area contributed by atoms with Gasteiger partial charge in [-0.05, 0) is 6.42 Å². The van der Waals surface area contributed by atoms with Crippen molar-refractivity contribution < 1.29 is 4.79 Å². The lowest BCUT2D eigenvalue weighted by Crippen LogP contribution is -2.15. The maximum atomic E-state index is 11.8. The number of thiazole rings is 1. The van der Waals surface area contributed by atoms with Gasteiger partial charge in [0.25, 0.3) is 0 Å². The Hall–Kier alpha value is -1.76. The number of aryl methyl sites for hydroxylation is 2. The first kappa shape index (κ1) is 13.7. The average Bonchev–Trinajstić information content (AvgIpc) is 2.97. The number of hydrogen-bond donors (Lipinski definition) is 1. The highest BCUT2D eigenvalue weighted by atomic mass is 32.1. The summed E-state index contributed by atoms with van der Waals surface area (Å²) >= 11 is 1.53. The molecule has 0 fully saturated rings. The van der Waals surface area contributed by atoms with Crippen LogP contribution in [0.1, 0.15) is 37.7 Å². The zero-order chi connectivity index (χ0) is 13.8. The zero-order valence-electron chi connectivity index (χ0n) is 11.3. The van der Waals surface area contributed by atoms with Crippen LogP contribution in [0.5, 0.6) is 0 Å². The number of carbonyl (C=O) groups excluding carboxylic acids is 1. The smallest absolute Gasteiger partial charge is 0.227 e. The van der Waals surface area contributed by atoms with Gasteiger partial charge in [-0.3, -0.25) is 10.1 Å². The van der Waals surface area contributed by atoms with Crippen molar-refractivity contribution in [1.82, 2.24) is 19.7 Å². The van der Waals surface area contributed by atoms with Crippen LogP contribution >= 0.6 is 11.3 Å². The summed E-state index contributed by atoms with van der Waals surface area (Å²) in [4.78, 5) is 20.3. The minimum absolute atomic E-state index is 0.0705. The largest absolute Gasteiger partial charge is 0.295 e. The first-order valence-corrected chi connectivity index (χ1v) is 7.08. The highest BCUT2D eigenvalue weighted by Gasteiger charge is 2.12. The topological polar surface area (TPSA) is 72.7 Å². The molecule has 0 saturated carbocycles. The van der Waals surface area contributed by atoms with Crippen molar-refractivity contribution in [3.05, 3.63) is 22.4 Å². The molecule has 2 rings (SSSR count). The summed E-state index contributed by atoms with van der Waals surface area (Å²) in [6.45, 7) is 4.03. The van der Waals surface area contributed by atoms with Crippen LogP contribution in [0.2, 0.25) is 0 Å². The molecule has 0 bridgehead atoms. The molecule has 0 saturated heterocycles. The van der Waals surface area contributed by atoms with E-state index in [2.05, 4.69) is 20.4 Å². The van der Waals surface area contributed by atoms with Crippen molar-refractivity contribution in [3.8, 4) is 0 Å². The van der Waals surface area contributed by atoms with Gasteiger partial charge in [-0.2, -0.15) is 10.1 Å². The zero-order valence-corrected chi connectivity index (χ0v) is 12.1. The van der Waals surface area contributed by atoms with E-state index in [1.807, 2.05) is 19.2 Å². The molecule has 0 unspecified atom stereocenters. The quantitative estimate of drug-likeness (QED) is 0.908. The van der Waals surface area contributed by atoms with Crippen LogP contribution in [0.15, 0.2) is 10.9 Å². The minimum atomic E-state index is -0.0705. The lowest BCUT2D eigenvalue weighted by molar-refractivity contribution is -0.116.